The Morgan fingerprint density at radius 3 is 2.62 bits per heavy atom. The lowest BCUT2D eigenvalue weighted by molar-refractivity contribution is 0.0988. The summed E-state index contributed by atoms with van der Waals surface area (Å²) < 4.78 is 1.67. The first-order valence-electron chi connectivity index (χ1n) is 7.30. The van der Waals surface area contributed by atoms with Gasteiger partial charge in [-0.25, -0.2) is 4.98 Å². The molecule has 6 nitrogen and oxygen atoms in total. The molecule has 0 bridgehead atoms. The van der Waals surface area contributed by atoms with Gasteiger partial charge in [-0.15, -0.1) is 0 Å². The van der Waals surface area contributed by atoms with Crippen LogP contribution in [0, 0.1) is 25.7 Å². The normalized spacial score (nSPS) is 10.1. The molecule has 2 N–H and O–H groups in total. The van der Waals surface area contributed by atoms with Gasteiger partial charge in [0.2, 0.25) is 5.82 Å². The average Bonchev–Trinajstić information content (AvgIpc) is 2.92. The van der Waals surface area contributed by atoms with Crippen molar-refractivity contribution in [1.29, 1.82) is 0 Å². The van der Waals surface area contributed by atoms with Crippen LogP contribution in [0.25, 0.3) is 5.69 Å². The van der Waals surface area contributed by atoms with Crippen LogP contribution < -0.4 is 5.73 Å². The molecule has 0 aliphatic rings. The van der Waals surface area contributed by atoms with E-state index in [1.54, 1.807) is 23.2 Å². The molecule has 0 aromatic carbocycles. The number of amides is 1. The largest absolute Gasteiger partial charge is 0.363 e. The molecule has 1 amide bonds. The van der Waals surface area contributed by atoms with Crippen molar-refractivity contribution in [2.24, 2.45) is 5.73 Å². The van der Waals surface area contributed by atoms with E-state index in [1.165, 1.54) is 0 Å². The third-order valence-electron chi connectivity index (χ3n) is 3.47. The van der Waals surface area contributed by atoms with Crippen LogP contribution in [0.15, 0.2) is 42.9 Å². The molecule has 6 heteroatoms. The topological polar surface area (TPSA) is 86.7 Å². The fourth-order valence-corrected chi connectivity index (χ4v) is 2.26. The second-order valence-corrected chi connectivity index (χ2v) is 5.22. The van der Waals surface area contributed by atoms with E-state index in [0.717, 1.165) is 17.0 Å². The maximum atomic E-state index is 11.8. The van der Waals surface area contributed by atoms with Crippen LogP contribution in [-0.2, 0) is 0 Å². The molecule has 3 aromatic heterocycles. The van der Waals surface area contributed by atoms with E-state index in [0.29, 0.717) is 11.4 Å². The second-order valence-electron chi connectivity index (χ2n) is 5.22. The summed E-state index contributed by atoms with van der Waals surface area (Å²) in [6, 6.07) is 7.38. The highest BCUT2D eigenvalue weighted by atomic mass is 16.1. The molecule has 0 spiro atoms. The van der Waals surface area contributed by atoms with E-state index < -0.39 is 5.91 Å². The van der Waals surface area contributed by atoms with Gasteiger partial charge in [-0.05, 0) is 44.0 Å². The quantitative estimate of drug-likeness (QED) is 0.730. The van der Waals surface area contributed by atoms with E-state index >= 15 is 0 Å². The summed E-state index contributed by atoms with van der Waals surface area (Å²) >= 11 is 0. The standard InChI is InChI=1S/C18H15N5O/c1-12-5-7-15(11-21-12)23-13(2)16(22-18(23)17(19)24)8-6-14-4-3-9-20-10-14/h3-5,7,9-11H,1-2H3,(H2,19,24). The molecular weight excluding hydrogens is 302 g/mol. The van der Waals surface area contributed by atoms with Crippen LogP contribution in [0.2, 0.25) is 0 Å². The molecule has 0 aliphatic heterocycles. The predicted molar refractivity (Wildman–Crippen MR) is 89.6 cm³/mol. The Hall–Kier alpha value is -3.46. The van der Waals surface area contributed by atoms with Crippen molar-refractivity contribution in [2.45, 2.75) is 13.8 Å². The first kappa shape index (κ1) is 15.4. The SMILES string of the molecule is Cc1ccc(-n2c(C(N)=O)nc(C#Cc3cccnc3)c2C)cn1. The van der Waals surface area contributed by atoms with Crippen LogP contribution in [0.3, 0.4) is 0 Å². The maximum absolute atomic E-state index is 11.8. The van der Waals surface area contributed by atoms with Gasteiger partial charge in [0.1, 0.15) is 5.69 Å². The summed E-state index contributed by atoms with van der Waals surface area (Å²) in [6.45, 7) is 3.73. The highest BCUT2D eigenvalue weighted by molar-refractivity contribution is 5.90. The van der Waals surface area contributed by atoms with Crippen molar-refractivity contribution in [3.05, 3.63) is 71.3 Å². The molecule has 118 valence electrons. The zero-order chi connectivity index (χ0) is 17.1. The second kappa shape index (κ2) is 6.34. The first-order valence-corrected chi connectivity index (χ1v) is 7.30. The van der Waals surface area contributed by atoms with Gasteiger partial charge in [-0.2, -0.15) is 0 Å². The predicted octanol–water partition coefficient (Wildman–Crippen LogP) is 1.78. The van der Waals surface area contributed by atoms with Crippen molar-refractivity contribution < 1.29 is 4.79 Å². The number of hydrogen-bond acceptors (Lipinski definition) is 4. The number of aryl methyl sites for hydroxylation is 1. The third kappa shape index (κ3) is 3.01. The van der Waals surface area contributed by atoms with Gasteiger partial charge in [-0.1, -0.05) is 5.92 Å². The van der Waals surface area contributed by atoms with Crippen molar-refractivity contribution in [3.8, 4) is 17.5 Å². The molecule has 0 atom stereocenters. The molecule has 0 saturated heterocycles. The van der Waals surface area contributed by atoms with E-state index in [1.807, 2.05) is 38.1 Å². The number of imidazole rings is 1. The van der Waals surface area contributed by atoms with Gasteiger partial charge in [0.05, 0.1) is 17.6 Å². The van der Waals surface area contributed by atoms with Crippen LogP contribution in [0.1, 0.15) is 33.3 Å². The zero-order valence-electron chi connectivity index (χ0n) is 13.3. The minimum atomic E-state index is -0.617. The summed E-state index contributed by atoms with van der Waals surface area (Å²) in [5.74, 6) is 5.48. The van der Waals surface area contributed by atoms with Crippen molar-refractivity contribution in [3.63, 3.8) is 0 Å². The molecular formula is C18H15N5O. The third-order valence-corrected chi connectivity index (χ3v) is 3.47. The molecule has 0 radical (unpaired) electrons. The zero-order valence-corrected chi connectivity index (χ0v) is 13.3. The minimum Gasteiger partial charge on any atom is -0.363 e. The summed E-state index contributed by atoms with van der Waals surface area (Å²) in [7, 11) is 0. The smallest absolute Gasteiger partial charge is 0.285 e. The number of nitrogens with zero attached hydrogens (tertiary/aromatic N) is 4. The summed E-state index contributed by atoms with van der Waals surface area (Å²) in [5.41, 5.74) is 9.06. The Morgan fingerprint density at radius 1 is 1.17 bits per heavy atom. The molecule has 0 fully saturated rings. The molecule has 3 rings (SSSR count). The number of primary amides is 1. The lowest BCUT2D eigenvalue weighted by atomic mass is 10.2. The van der Waals surface area contributed by atoms with Gasteiger partial charge < -0.3 is 5.73 Å². The van der Waals surface area contributed by atoms with Gasteiger partial charge >= 0.3 is 0 Å². The van der Waals surface area contributed by atoms with Crippen molar-refractivity contribution in [1.82, 2.24) is 19.5 Å². The van der Waals surface area contributed by atoms with E-state index in [9.17, 15) is 4.79 Å². The minimum absolute atomic E-state index is 0.133. The lowest BCUT2D eigenvalue weighted by Crippen LogP contribution is -2.18. The fourth-order valence-electron chi connectivity index (χ4n) is 2.26. The van der Waals surface area contributed by atoms with E-state index in [-0.39, 0.29) is 5.82 Å². The Morgan fingerprint density at radius 2 is 2.00 bits per heavy atom. The lowest BCUT2D eigenvalue weighted by Gasteiger charge is -2.07. The van der Waals surface area contributed by atoms with Crippen LogP contribution in [0.4, 0.5) is 0 Å². The Labute approximate surface area is 139 Å². The molecule has 0 unspecified atom stereocenters. The molecule has 0 saturated carbocycles. The number of aromatic nitrogens is 4. The number of rotatable bonds is 2. The maximum Gasteiger partial charge on any atom is 0.285 e. The van der Waals surface area contributed by atoms with Crippen molar-refractivity contribution in [2.75, 3.05) is 0 Å². The van der Waals surface area contributed by atoms with Gasteiger partial charge in [0.25, 0.3) is 5.91 Å². The molecule has 24 heavy (non-hydrogen) atoms. The van der Waals surface area contributed by atoms with Gasteiger partial charge in [0, 0.05) is 23.7 Å². The summed E-state index contributed by atoms with van der Waals surface area (Å²) in [5, 5.41) is 0. The summed E-state index contributed by atoms with van der Waals surface area (Å²) in [6.07, 6.45) is 5.02. The van der Waals surface area contributed by atoms with Gasteiger partial charge in [-0.3, -0.25) is 19.3 Å². The fraction of sp³-hybridized carbons (Fsp3) is 0.111. The monoisotopic (exact) mass is 317 g/mol. The first-order chi connectivity index (χ1) is 11.6. The van der Waals surface area contributed by atoms with E-state index in [4.69, 9.17) is 5.73 Å². The Balaban J connectivity index is 2.10. The number of pyridine rings is 2. The highest BCUT2D eigenvalue weighted by Crippen LogP contribution is 2.17. The van der Waals surface area contributed by atoms with E-state index in [2.05, 4.69) is 26.8 Å². The van der Waals surface area contributed by atoms with Gasteiger partial charge in [0.15, 0.2) is 0 Å². The molecule has 0 aliphatic carbocycles. The number of hydrogen-bond donors (Lipinski definition) is 1. The summed E-state index contributed by atoms with van der Waals surface area (Å²) in [4.78, 5) is 24.3. The molecule has 3 aromatic rings. The van der Waals surface area contributed by atoms with Crippen LogP contribution in [-0.4, -0.2) is 25.4 Å². The number of carbonyl (C=O) groups excluding carboxylic acids is 1. The average molecular weight is 317 g/mol. The number of nitrogens with two attached hydrogens (primary N) is 1. The Kier molecular flexibility index (Phi) is 4.08. The van der Waals surface area contributed by atoms with Crippen LogP contribution >= 0.6 is 0 Å². The van der Waals surface area contributed by atoms with Crippen LogP contribution in [0.5, 0.6) is 0 Å². The van der Waals surface area contributed by atoms with Crippen molar-refractivity contribution >= 4 is 5.91 Å². The molecule has 3 heterocycles. The Bertz CT molecular complexity index is 947. The number of carbonyl (C=O) groups is 1. The highest BCUT2D eigenvalue weighted by Gasteiger charge is 2.18.